The van der Waals surface area contributed by atoms with Crippen LogP contribution in [-0.2, 0) is 12.2 Å². The summed E-state index contributed by atoms with van der Waals surface area (Å²) in [6.07, 6.45) is 7.30. The van der Waals surface area contributed by atoms with E-state index in [2.05, 4.69) is 46.8 Å². The number of aryl methyl sites for hydroxylation is 1. The molecule has 0 unspecified atom stereocenters. The van der Waals surface area contributed by atoms with Crippen LogP contribution in [0.15, 0.2) is 39.3 Å². The van der Waals surface area contributed by atoms with E-state index >= 15 is 0 Å². The molecule has 0 atom stereocenters. The van der Waals surface area contributed by atoms with Crippen molar-refractivity contribution >= 4 is 23.1 Å². The molecule has 2 heterocycles. The number of thiazole rings is 1. The second-order valence-electron chi connectivity index (χ2n) is 6.72. The molecule has 4 nitrogen and oxygen atoms in total. The van der Waals surface area contributed by atoms with Crippen LogP contribution in [0.4, 0.5) is 0 Å². The van der Waals surface area contributed by atoms with Crippen molar-refractivity contribution in [1.29, 1.82) is 0 Å². The summed E-state index contributed by atoms with van der Waals surface area (Å²) in [5, 5.41) is 12.3. The van der Waals surface area contributed by atoms with Crippen molar-refractivity contribution in [3.63, 3.8) is 0 Å². The summed E-state index contributed by atoms with van der Waals surface area (Å²) in [5.74, 6) is 2.04. The zero-order chi connectivity index (χ0) is 17.8. The van der Waals surface area contributed by atoms with Gasteiger partial charge in [-0.15, -0.1) is 21.5 Å². The predicted octanol–water partition coefficient (Wildman–Crippen LogP) is 6.10. The van der Waals surface area contributed by atoms with Gasteiger partial charge in [0.05, 0.1) is 5.69 Å². The van der Waals surface area contributed by atoms with Crippen molar-refractivity contribution in [3.05, 3.63) is 46.8 Å². The van der Waals surface area contributed by atoms with E-state index in [9.17, 15) is 0 Å². The van der Waals surface area contributed by atoms with E-state index in [0.29, 0.717) is 11.1 Å². The van der Waals surface area contributed by atoms with Crippen molar-refractivity contribution < 1.29 is 4.42 Å². The Balaban J connectivity index is 1.36. The molecule has 0 N–H and O–H groups in total. The maximum atomic E-state index is 5.88. The van der Waals surface area contributed by atoms with Gasteiger partial charge < -0.3 is 4.42 Å². The van der Waals surface area contributed by atoms with Crippen LogP contribution in [0.3, 0.4) is 0 Å². The maximum absolute atomic E-state index is 5.88. The van der Waals surface area contributed by atoms with Gasteiger partial charge in [-0.1, -0.05) is 62.2 Å². The van der Waals surface area contributed by atoms with Gasteiger partial charge in [0, 0.05) is 22.6 Å². The van der Waals surface area contributed by atoms with Gasteiger partial charge in [-0.25, -0.2) is 4.98 Å². The lowest BCUT2D eigenvalue weighted by molar-refractivity contribution is 0.334. The normalized spacial score (nSPS) is 15.4. The second kappa shape index (κ2) is 8.35. The van der Waals surface area contributed by atoms with E-state index < -0.39 is 0 Å². The monoisotopic (exact) mass is 385 g/mol. The van der Waals surface area contributed by atoms with Gasteiger partial charge in [0.25, 0.3) is 5.22 Å². The first kappa shape index (κ1) is 17.7. The first-order chi connectivity index (χ1) is 12.8. The molecule has 1 aliphatic rings. The first-order valence-electron chi connectivity index (χ1n) is 9.31. The summed E-state index contributed by atoms with van der Waals surface area (Å²) >= 11 is 3.26. The molecule has 136 valence electrons. The van der Waals surface area contributed by atoms with Crippen LogP contribution in [0, 0.1) is 0 Å². The quantitative estimate of drug-likeness (QED) is 0.480. The fourth-order valence-electron chi connectivity index (χ4n) is 3.32. The summed E-state index contributed by atoms with van der Waals surface area (Å²) in [6.45, 7) is 2.17. The van der Waals surface area contributed by atoms with Gasteiger partial charge in [0.2, 0.25) is 5.89 Å². The number of thioether (sulfide) groups is 1. The highest BCUT2D eigenvalue weighted by Crippen LogP contribution is 2.34. The van der Waals surface area contributed by atoms with Crippen LogP contribution >= 0.6 is 23.1 Å². The summed E-state index contributed by atoms with van der Waals surface area (Å²) in [6, 6.07) is 8.67. The van der Waals surface area contributed by atoms with Crippen LogP contribution in [0.2, 0.25) is 0 Å². The minimum absolute atomic E-state index is 0.461. The number of hydrogen-bond donors (Lipinski definition) is 0. The molecule has 26 heavy (non-hydrogen) atoms. The molecule has 1 fully saturated rings. The van der Waals surface area contributed by atoms with Crippen LogP contribution in [-0.4, -0.2) is 15.2 Å². The molecule has 0 spiro atoms. The lowest BCUT2D eigenvalue weighted by Crippen LogP contribution is -2.04. The summed E-state index contributed by atoms with van der Waals surface area (Å²) in [4.78, 5) is 4.76. The largest absolute Gasteiger partial charge is 0.416 e. The molecule has 0 radical (unpaired) electrons. The second-order valence-corrected chi connectivity index (χ2v) is 8.51. The molecule has 1 saturated carbocycles. The van der Waals surface area contributed by atoms with Crippen molar-refractivity contribution in [2.45, 2.75) is 62.3 Å². The van der Waals surface area contributed by atoms with Crippen molar-refractivity contribution in [3.8, 4) is 10.6 Å². The third kappa shape index (κ3) is 4.18. The Hall–Kier alpha value is -1.66. The van der Waals surface area contributed by atoms with Crippen LogP contribution < -0.4 is 0 Å². The number of benzene rings is 1. The molecule has 6 heteroatoms. The third-order valence-corrected chi connectivity index (χ3v) is 6.67. The number of rotatable bonds is 6. The summed E-state index contributed by atoms with van der Waals surface area (Å²) in [5.41, 5.74) is 3.60. The van der Waals surface area contributed by atoms with Gasteiger partial charge >= 0.3 is 0 Å². The third-order valence-electron chi connectivity index (χ3n) is 4.88. The Morgan fingerprint density at radius 3 is 2.69 bits per heavy atom. The number of nitrogens with zero attached hydrogens (tertiary/aromatic N) is 3. The average Bonchev–Trinajstić information content (AvgIpc) is 3.37. The lowest BCUT2D eigenvalue weighted by atomic mass is 9.89. The highest BCUT2D eigenvalue weighted by atomic mass is 32.2. The van der Waals surface area contributed by atoms with Crippen LogP contribution in [0.25, 0.3) is 10.6 Å². The van der Waals surface area contributed by atoms with Gasteiger partial charge in [-0.2, -0.15) is 0 Å². The first-order valence-corrected chi connectivity index (χ1v) is 11.2. The zero-order valence-electron chi connectivity index (χ0n) is 15.0. The van der Waals surface area contributed by atoms with E-state index in [1.807, 2.05) is 0 Å². The van der Waals surface area contributed by atoms with E-state index in [-0.39, 0.29) is 0 Å². The summed E-state index contributed by atoms with van der Waals surface area (Å²) < 4.78 is 5.88. The van der Waals surface area contributed by atoms with Crippen molar-refractivity contribution in [1.82, 2.24) is 15.2 Å². The highest BCUT2D eigenvalue weighted by molar-refractivity contribution is 7.98. The Labute approximate surface area is 162 Å². The molecule has 3 aromatic rings. The van der Waals surface area contributed by atoms with Crippen molar-refractivity contribution in [2.24, 2.45) is 0 Å². The number of hydrogen-bond acceptors (Lipinski definition) is 6. The lowest BCUT2D eigenvalue weighted by Gasteiger charge is -2.17. The molecular formula is C20H23N3OS2. The smallest absolute Gasteiger partial charge is 0.276 e. The van der Waals surface area contributed by atoms with Crippen molar-refractivity contribution in [2.75, 3.05) is 0 Å². The molecule has 1 aliphatic carbocycles. The van der Waals surface area contributed by atoms with Crippen LogP contribution in [0.5, 0.6) is 0 Å². The van der Waals surface area contributed by atoms with Gasteiger partial charge in [-0.3, -0.25) is 0 Å². The minimum atomic E-state index is 0.461. The molecule has 0 saturated heterocycles. The van der Waals surface area contributed by atoms with E-state index in [4.69, 9.17) is 9.40 Å². The molecule has 0 bridgehead atoms. The van der Waals surface area contributed by atoms with E-state index in [0.717, 1.165) is 28.8 Å². The number of aromatic nitrogens is 3. The Kier molecular flexibility index (Phi) is 5.70. The highest BCUT2D eigenvalue weighted by Gasteiger charge is 2.21. The standard InChI is InChI=1S/C20H23N3OS2/c1-2-14-8-10-16(11-9-14)19-21-17(12-25-19)13-26-20-23-22-18(24-20)15-6-4-3-5-7-15/h8-12,15H,2-7,13H2,1H3. The average molecular weight is 386 g/mol. The Morgan fingerprint density at radius 2 is 1.92 bits per heavy atom. The topological polar surface area (TPSA) is 51.8 Å². The van der Waals surface area contributed by atoms with Crippen LogP contribution in [0.1, 0.15) is 62.1 Å². The Bertz CT molecular complexity index is 835. The van der Waals surface area contributed by atoms with Gasteiger partial charge in [-0.05, 0) is 24.8 Å². The predicted molar refractivity (Wildman–Crippen MR) is 107 cm³/mol. The fourth-order valence-corrected chi connectivity index (χ4v) is 4.91. The minimum Gasteiger partial charge on any atom is -0.416 e. The Morgan fingerprint density at radius 1 is 1.12 bits per heavy atom. The van der Waals surface area contributed by atoms with Gasteiger partial charge in [0.1, 0.15) is 5.01 Å². The molecule has 2 aromatic heterocycles. The SMILES string of the molecule is CCc1ccc(-c2nc(CSc3nnc(C4CCCCC4)o3)cs2)cc1. The fraction of sp³-hybridized carbons (Fsp3) is 0.450. The molecule has 0 aliphatic heterocycles. The summed E-state index contributed by atoms with van der Waals surface area (Å²) in [7, 11) is 0. The zero-order valence-corrected chi connectivity index (χ0v) is 16.6. The maximum Gasteiger partial charge on any atom is 0.276 e. The van der Waals surface area contributed by atoms with E-state index in [1.165, 1.54) is 43.2 Å². The molecular weight excluding hydrogens is 362 g/mol. The van der Waals surface area contributed by atoms with Gasteiger partial charge in [0.15, 0.2) is 0 Å². The van der Waals surface area contributed by atoms with E-state index in [1.54, 1.807) is 23.1 Å². The molecule has 4 rings (SSSR count). The molecule has 1 aromatic carbocycles. The molecule has 0 amide bonds.